The number of aromatic nitrogens is 2. The fraction of sp³-hybridized carbons (Fsp3) is 0.208. The molecule has 0 aliphatic carbocycles. The molecule has 0 saturated carbocycles. The number of hydrogen-bond donors (Lipinski definition) is 3. The van der Waals surface area contributed by atoms with Gasteiger partial charge in [-0.1, -0.05) is 48.5 Å². The van der Waals surface area contributed by atoms with Crippen molar-refractivity contribution in [2.75, 3.05) is 6.54 Å². The highest BCUT2D eigenvalue weighted by atomic mass is 16.2. The molecule has 0 radical (unpaired) electrons. The number of H-pyrrole nitrogens is 1. The average molecular weight is 400 g/mol. The van der Waals surface area contributed by atoms with Gasteiger partial charge < -0.3 is 15.6 Å². The van der Waals surface area contributed by atoms with E-state index in [4.69, 9.17) is 0 Å². The number of nitrogens with one attached hydrogen (secondary N) is 3. The summed E-state index contributed by atoms with van der Waals surface area (Å²) in [5.74, 6) is -0.583. The van der Waals surface area contributed by atoms with Crippen molar-refractivity contribution < 1.29 is 9.59 Å². The molecule has 6 nitrogen and oxygen atoms in total. The molecule has 1 unspecified atom stereocenters. The first kappa shape index (κ1) is 19.6. The number of pyridine rings is 1. The van der Waals surface area contributed by atoms with Crippen LogP contribution in [0.25, 0.3) is 21.8 Å². The fourth-order valence-corrected chi connectivity index (χ4v) is 3.58. The largest absolute Gasteiger partial charge is 0.354 e. The SMILES string of the molecule is Cc1nc(C(=O)NC(C)C(=O)NCCc2ccccc2)cc2c1[nH]c1ccccc12. The van der Waals surface area contributed by atoms with Crippen molar-refractivity contribution in [3.05, 3.63) is 77.6 Å². The van der Waals surface area contributed by atoms with Crippen LogP contribution in [0.4, 0.5) is 0 Å². The van der Waals surface area contributed by atoms with Crippen molar-refractivity contribution in [2.45, 2.75) is 26.3 Å². The minimum absolute atomic E-state index is 0.218. The molecule has 0 saturated heterocycles. The van der Waals surface area contributed by atoms with Gasteiger partial charge >= 0.3 is 0 Å². The monoisotopic (exact) mass is 400 g/mol. The van der Waals surface area contributed by atoms with E-state index in [0.717, 1.165) is 39.5 Å². The van der Waals surface area contributed by atoms with Gasteiger partial charge in [-0.05, 0) is 38.0 Å². The van der Waals surface area contributed by atoms with Gasteiger partial charge in [0, 0.05) is 22.8 Å². The molecule has 2 aromatic heterocycles. The zero-order valence-electron chi connectivity index (χ0n) is 17.0. The number of fused-ring (bicyclic) bond motifs is 3. The second-order valence-electron chi connectivity index (χ2n) is 7.41. The number of nitrogens with zero attached hydrogens (tertiary/aromatic N) is 1. The van der Waals surface area contributed by atoms with Crippen LogP contribution in [-0.4, -0.2) is 34.4 Å². The minimum Gasteiger partial charge on any atom is -0.354 e. The lowest BCUT2D eigenvalue weighted by molar-refractivity contribution is -0.122. The molecule has 0 spiro atoms. The molecule has 0 aliphatic heterocycles. The maximum Gasteiger partial charge on any atom is 0.270 e. The molecule has 4 aromatic rings. The summed E-state index contributed by atoms with van der Waals surface area (Å²) in [5, 5.41) is 7.61. The van der Waals surface area contributed by atoms with Gasteiger partial charge in [0.1, 0.15) is 11.7 Å². The summed E-state index contributed by atoms with van der Waals surface area (Å²) in [5.41, 5.74) is 4.12. The quantitative estimate of drug-likeness (QED) is 0.463. The lowest BCUT2D eigenvalue weighted by Crippen LogP contribution is -2.45. The Labute approximate surface area is 174 Å². The van der Waals surface area contributed by atoms with E-state index in [-0.39, 0.29) is 11.8 Å². The van der Waals surface area contributed by atoms with Gasteiger partial charge in [0.15, 0.2) is 0 Å². The second kappa shape index (κ2) is 8.37. The van der Waals surface area contributed by atoms with Crippen LogP contribution in [0.15, 0.2) is 60.7 Å². The van der Waals surface area contributed by atoms with Crippen LogP contribution in [0.2, 0.25) is 0 Å². The Morgan fingerprint density at radius 1 is 1.03 bits per heavy atom. The summed E-state index contributed by atoms with van der Waals surface area (Å²) in [6, 6.07) is 19.0. The van der Waals surface area contributed by atoms with Crippen molar-refractivity contribution in [3.63, 3.8) is 0 Å². The zero-order valence-corrected chi connectivity index (χ0v) is 17.0. The lowest BCUT2D eigenvalue weighted by atomic mass is 10.1. The fourth-order valence-electron chi connectivity index (χ4n) is 3.58. The molecule has 4 rings (SSSR count). The number of benzene rings is 2. The first-order valence-electron chi connectivity index (χ1n) is 10.0. The van der Waals surface area contributed by atoms with E-state index in [0.29, 0.717) is 12.2 Å². The number of aromatic amines is 1. The number of rotatable bonds is 6. The molecule has 152 valence electrons. The molecule has 0 bridgehead atoms. The normalized spacial score (nSPS) is 12.1. The van der Waals surface area contributed by atoms with Crippen LogP contribution in [0, 0.1) is 6.92 Å². The van der Waals surface area contributed by atoms with Crippen LogP contribution in [-0.2, 0) is 11.2 Å². The molecule has 0 aliphatic rings. The zero-order chi connectivity index (χ0) is 21.1. The molecular formula is C24H24N4O2. The molecule has 0 fully saturated rings. The molecule has 6 heteroatoms. The summed E-state index contributed by atoms with van der Waals surface area (Å²) in [7, 11) is 0. The highest BCUT2D eigenvalue weighted by Crippen LogP contribution is 2.27. The summed E-state index contributed by atoms with van der Waals surface area (Å²) < 4.78 is 0. The summed E-state index contributed by atoms with van der Waals surface area (Å²) >= 11 is 0. The van der Waals surface area contributed by atoms with Crippen molar-refractivity contribution >= 4 is 33.6 Å². The standard InChI is InChI=1S/C24H24N4O2/c1-15-22-19(18-10-6-7-11-20(18)28-22)14-21(26-15)24(30)27-16(2)23(29)25-13-12-17-8-4-3-5-9-17/h3-11,14,16,28H,12-13H2,1-2H3,(H,25,29)(H,27,30). The molecule has 2 heterocycles. The predicted octanol–water partition coefficient (Wildman–Crippen LogP) is 3.50. The van der Waals surface area contributed by atoms with Crippen molar-refractivity contribution in [1.82, 2.24) is 20.6 Å². The van der Waals surface area contributed by atoms with E-state index in [1.54, 1.807) is 13.0 Å². The molecular weight excluding hydrogens is 376 g/mol. The number of hydrogen-bond acceptors (Lipinski definition) is 3. The first-order valence-corrected chi connectivity index (χ1v) is 10.0. The van der Waals surface area contributed by atoms with Crippen LogP contribution in [0.1, 0.15) is 28.7 Å². The van der Waals surface area contributed by atoms with Gasteiger partial charge in [0.2, 0.25) is 5.91 Å². The number of carbonyl (C=O) groups excluding carboxylic acids is 2. The number of aryl methyl sites for hydroxylation is 1. The van der Waals surface area contributed by atoms with Crippen LogP contribution in [0.3, 0.4) is 0 Å². The van der Waals surface area contributed by atoms with Gasteiger partial charge in [-0.25, -0.2) is 4.98 Å². The average Bonchev–Trinajstić information content (AvgIpc) is 3.14. The van der Waals surface area contributed by atoms with Crippen LogP contribution < -0.4 is 10.6 Å². The predicted molar refractivity (Wildman–Crippen MR) is 118 cm³/mol. The van der Waals surface area contributed by atoms with E-state index >= 15 is 0 Å². The Balaban J connectivity index is 1.43. The van der Waals surface area contributed by atoms with Crippen LogP contribution >= 0.6 is 0 Å². The van der Waals surface area contributed by atoms with Crippen molar-refractivity contribution in [1.29, 1.82) is 0 Å². The Morgan fingerprint density at radius 2 is 1.77 bits per heavy atom. The molecule has 30 heavy (non-hydrogen) atoms. The topological polar surface area (TPSA) is 86.9 Å². The minimum atomic E-state index is -0.658. The van der Waals surface area contributed by atoms with Gasteiger partial charge in [-0.15, -0.1) is 0 Å². The molecule has 2 aromatic carbocycles. The molecule has 2 amide bonds. The highest BCUT2D eigenvalue weighted by molar-refractivity contribution is 6.10. The van der Waals surface area contributed by atoms with E-state index < -0.39 is 6.04 Å². The Hall–Kier alpha value is -3.67. The van der Waals surface area contributed by atoms with Gasteiger partial charge in [-0.2, -0.15) is 0 Å². The number of amides is 2. The summed E-state index contributed by atoms with van der Waals surface area (Å²) in [6.45, 7) is 4.06. The van der Waals surface area contributed by atoms with Gasteiger partial charge in [0.25, 0.3) is 5.91 Å². The maximum atomic E-state index is 12.7. The Bertz CT molecular complexity index is 1210. The van der Waals surface area contributed by atoms with E-state index in [9.17, 15) is 9.59 Å². The third kappa shape index (κ3) is 4.03. The Kier molecular flexibility index (Phi) is 5.48. The summed E-state index contributed by atoms with van der Waals surface area (Å²) in [6.07, 6.45) is 0.741. The van der Waals surface area contributed by atoms with Crippen LogP contribution in [0.5, 0.6) is 0 Å². The second-order valence-corrected chi connectivity index (χ2v) is 7.41. The maximum absolute atomic E-state index is 12.7. The third-order valence-electron chi connectivity index (χ3n) is 5.21. The molecule has 1 atom stereocenters. The third-order valence-corrected chi connectivity index (χ3v) is 5.21. The summed E-state index contributed by atoms with van der Waals surface area (Å²) in [4.78, 5) is 32.9. The molecule has 3 N–H and O–H groups in total. The Morgan fingerprint density at radius 3 is 2.57 bits per heavy atom. The van der Waals surface area contributed by atoms with E-state index in [1.807, 2.05) is 61.5 Å². The highest BCUT2D eigenvalue weighted by Gasteiger charge is 2.19. The number of carbonyl (C=O) groups is 2. The smallest absolute Gasteiger partial charge is 0.270 e. The first-order chi connectivity index (χ1) is 14.5. The van der Waals surface area contributed by atoms with Crippen molar-refractivity contribution in [2.24, 2.45) is 0 Å². The van der Waals surface area contributed by atoms with Gasteiger partial charge in [-0.3, -0.25) is 9.59 Å². The van der Waals surface area contributed by atoms with E-state index in [1.165, 1.54) is 0 Å². The lowest BCUT2D eigenvalue weighted by Gasteiger charge is -2.14. The van der Waals surface area contributed by atoms with Crippen molar-refractivity contribution in [3.8, 4) is 0 Å². The van der Waals surface area contributed by atoms with Gasteiger partial charge in [0.05, 0.1) is 11.2 Å². The van der Waals surface area contributed by atoms with E-state index in [2.05, 4.69) is 20.6 Å². The number of para-hydroxylation sites is 1.